The fourth-order valence-electron chi connectivity index (χ4n) is 3.49. The van der Waals surface area contributed by atoms with E-state index in [1.54, 1.807) is 24.3 Å². The summed E-state index contributed by atoms with van der Waals surface area (Å²) in [5, 5.41) is 0. The molecule has 1 aliphatic rings. The Labute approximate surface area is 179 Å². The van der Waals surface area contributed by atoms with E-state index in [1.165, 1.54) is 5.56 Å². The van der Waals surface area contributed by atoms with Crippen LogP contribution in [0.25, 0.3) is 0 Å². The van der Waals surface area contributed by atoms with E-state index in [4.69, 9.17) is 0 Å². The average Bonchev–Trinajstić information content (AvgIpc) is 3.01. The summed E-state index contributed by atoms with van der Waals surface area (Å²) in [5.74, 6) is 0.590. The molecule has 30 heavy (non-hydrogen) atoms. The largest absolute Gasteiger partial charge is 0.346 e. The number of sulfonamides is 1. The number of hydrogen-bond acceptors (Lipinski definition) is 4. The number of amidine groups is 1. The van der Waals surface area contributed by atoms with E-state index in [0.29, 0.717) is 24.4 Å². The maximum Gasteiger partial charge on any atom is 0.263 e. The van der Waals surface area contributed by atoms with Gasteiger partial charge in [0.05, 0.1) is 4.90 Å². The summed E-state index contributed by atoms with van der Waals surface area (Å²) in [6.07, 6.45) is 4.99. The van der Waals surface area contributed by atoms with Crippen molar-refractivity contribution in [2.45, 2.75) is 43.4 Å². The van der Waals surface area contributed by atoms with Crippen molar-refractivity contribution in [2.24, 2.45) is 4.99 Å². The molecule has 0 saturated heterocycles. The molecule has 0 radical (unpaired) electrons. The lowest BCUT2D eigenvalue weighted by molar-refractivity contribution is -0.130. The third kappa shape index (κ3) is 5.92. The Morgan fingerprint density at radius 3 is 2.50 bits per heavy atom. The molecular weight excluding hydrogens is 398 g/mol. The molecule has 0 unspecified atom stereocenters. The van der Waals surface area contributed by atoms with Crippen molar-refractivity contribution < 1.29 is 13.2 Å². The molecule has 0 fully saturated rings. The standard InChI is InChI=1S/C23H29N3O3S/c1-26(18-10-13-19-11-4-2-5-12-19)22(27)16-6-3-9-17-24-23-20-14-7-8-15-21(20)30(28,29)25-23/h2,4-5,7-8,11-12,14-15H,3,6,9-10,13,16-18H2,1H3,(H,24,25). The second kappa shape index (κ2) is 10.4. The summed E-state index contributed by atoms with van der Waals surface area (Å²) in [6, 6.07) is 17.2. The predicted octanol–water partition coefficient (Wildman–Crippen LogP) is 3.38. The number of rotatable bonds is 10. The number of nitrogens with one attached hydrogen (secondary N) is 1. The quantitative estimate of drug-likeness (QED) is 0.591. The summed E-state index contributed by atoms with van der Waals surface area (Å²) in [4.78, 5) is 18.8. The lowest BCUT2D eigenvalue weighted by atomic mass is 10.1. The number of aryl methyl sites for hydroxylation is 1. The number of benzene rings is 2. The Balaban J connectivity index is 1.32. The number of amides is 1. The fourth-order valence-corrected chi connectivity index (χ4v) is 4.74. The number of unbranched alkanes of at least 4 members (excludes halogenated alkanes) is 2. The molecule has 1 N–H and O–H groups in total. The van der Waals surface area contributed by atoms with Gasteiger partial charge in [0.15, 0.2) is 0 Å². The van der Waals surface area contributed by atoms with Crippen molar-refractivity contribution in [1.29, 1.82) is 0 Å². The van der Waals surface area contributed by atoms with E-state index >= 15 is 0 Å². The van der Waals surface area contributed by atoms with Crippen molar-refractivity contribution >= 4 is 21.8 Å². The van der Waals surface area contributed by atoms with Crippen LogP contribution in [0.2, 0.25) is 0 Å². The van der Waals surface area contributed by atoms with E-state index in [0.717, 1.165) is 38.6 Å². The van der Waals surface area contributed by atoms with Gasteiger partial charge < -0.3 is 4.90 Å². The average molecular weight is 428 g/mol. The summed E-state index contributed by atoms with van der Waals surface area (Å²) in [6.45, 7) is 1.30. The van der Waals surface area contributed by atoms with E-state index in [-0.39, 0.29) is 10.8 Å². The molecular formula is C23H29N3O3S. The van der Waals surface area contributed by atoms with Gasteiger partial charge >= 0.3 is 0 Å². The zero-order valence-electron chi connectivity index (χ0n) is 17.4. The molecule has 0 aromatic heterocycles. The van der Waals surface area contributed by atoms with Crippen molar-refractivity contribution in [1.82, 2.24) is 9.62 Å². The van der Waals surface area contributed by atoms with Crippen LogP contribution < -0.4 is 4.72 Å². The number of carbonyl (C=O) groups is 1. The Morgan fingerprint density at radius 2 is 1.70 bits per heavy atom. The van der Waals surface area contributed by atoms with Gasteiger partial charge in [0.25, 0.3) is 10.0 Å². The third-order valence-electron chi connectivity index (χ3n) is 5.21. The molecule has 7 heteroatoms. The highest BCUT2D eigenvalue weighted by Gasteiger charge is 2.29. The molecule has 3 rings (SSSR count). The Kier molecular flexibility index (Phi) is 7.63. The van der Waals surface area contributed by atoms with Gasteiger partial charge in [0.2, 0.25) is 5.91 Å². The zero-order chi connectivity index (χ0) is 21.4. The number of hydrogen-bond donors (Lipinski definition) is 1. The molecule has 2 aromatic rings. The number of fused-ring (bicyclic) bond motifs is 1. The first-order valence-electron chi connectivity index (χ1n) is 10.4. The van der Waals surface area contributed by atoms with Gasteiger partial charge in [-0.2, -0.15) is 0 Å². The molecule has 6 nitrogen and oxygen atoms in total. The normalized spacial score (nSPS) is 15.6. The summed E-state index contributed by atoms with van der Waals surface area (Å²) in [5.41, 5.74) is 1.93. The molecule has 2 aromatic carbocycles. The van der Waals surface area contributed by atoms with Crippen molar-refractivity contribution in [2.75, 3.05) is 20.1 Å². The summed E-state index contributed by atoms with van der Waals surface area (Å²) in [7, 11) is -1.62. The maximum atomic E-state index is 12.3. The van der Waals surface area contributed by atoms with Gasteiger partial charge in [-0.3, -0.25) is 14.5 Å². The smallest absolute Gasteiger partial charge is 0.263 e. The van der Waals surface area contributed by atoms with Gasteiger partial charge in [-0.1, -0.05) is 48.9 Å². The van der Waals surface area contributed by atoms with Gasteiger partial charge in [-0.05, 0) is 43.4 Å². The minimum absolute atomic E-state index is 0.173. The number of aliphatic imine (C=N–C) groups is 1. The second-order valence-corrected chi connectivity index (χ2v) is 9.20. The lowest BCUT2D eigenvalue weighted by Gasteiger charge is -2.17. The van der Waals surface area contributed by atoms with Crippen molar-refractivity contribution in [3.05, 3.63) is 65.7 Å². The Morgan fingerprint density at radius 1 is 0.967 bits per heavy atom. The van der Waals surface area contributed by atoms with E-state index < -0.39 is 10.0 Å². The van der Waals surface area contributed by atoms with Gasteiger partial charge in [-0.15, -0.1) is 0 Å². The SMILES string of the molecule is CN(CCCc1ccccc1)C(=O)CCCCCN=C1NS(=O)(=O)c2ccccc21. The van der Waals surface area contributed by atoms with E-state index in [9.17, 15) is 13.2 Å². The van der Waals surface area contributed by atoms with Crippen LogP contribution in [-0.4, -0.2) is 45.2 Å². The molecule has 1 amide bonds. The van der Waals surface area contributed by atoms with Gasteiger partial charge in [0.1, 0.15) is 5.84 Å². The monoisotopic (exact) mass is 427 g/mol. The molecule has 1 heterocycles. The molecule has 0 bridgehead atoms. The topological polar surface area (TPSA) is 78.8 Å². The van der Waals surface area contributed by atoms with Crippen LogP contribution in [0.4, 0.5) is 0 Å². The van der Waals surface area contributed by atoms with Crippen LogP contribution in [0.15, 0.2) is 64.5 Å². The van der Waals surface area contributed by atoms with Crippen LogP contribution in [-0.2, 0) is 21.2 Å². The van der Waals surface area contributed by atoms with Crippen LogP contribution >= 0.6 is 0 Å². The highest BCUT2D eigenvalue weighted by atomic mass is 32.2. The number of carbonyl (C=O) groups excluding carboxylic acids is 1. The van der Waals surface area contributed by atoms with E-state index in [1.807, 2.05) is 30.1 Å². The molecule has 1 aliphatic heterocycles. The van der Waals surface area contributed by atoms with Crippen molar-refractivity contribution in [3.63, 3.8) is 0 Å². The predicted molar refractivity (Wildman–Crippen MR) is 119 cm³/mol. The summed E-state index contributed by atoms with van der Waals surface area (Å²) < 4.78 is 26.6. The van der Waals surface area contributed by atoms with Gasteiger partial charge in [-0.25, -0.2) is 8.42 Å². The molecule has 0 atom stereocenters. The van der Waals surface area contributed by atoms with Crippen molar-refractivity contribution in [3.8, 4) is 0 Å². The number of nitrogens with zero attached hydrogens (tertiary/aromatic N) is 2. The van der Waals surface area contributed by atoms with Crippen LogP contribution in [0, 0.1) is 0 Å². The molecule has 160 valence electrons. The first-order chi connectivity index (χ1) is 14.5. The highest BCUT2D eigenvalue weighted by Crippen LogP contribution is 2.22. The second-order valence-electron chi connectivity index (χ2n) is 7.55. The van der Waals surface area contributed by atoms with Gasteiger partial charge in [0, 0.05) is 32.1 Å². The van der Waals surface area contributed by atoms with Crippen LogP contribution in [0.3, 0.4) is 0 Å². The van der Waals surface area contributed by atoms with Crippen LogP contribution in [0.5, 0.6) is 0 Å². The van der Waals surface area contributed by atoms with Crippen LogP contribution in [0.1, 0.15) is 43.2 Å². The third-order valence-corrected chi connectivity index (χ3v) is 6.61. The fraction of sp³-hybridized carbons (Fsp3) is 0.391. The first kappa shape index (κ1) is 22.0. The zero-order valence-corrected chi connectivity index (χ0v) is 18.2. The lowest BCUT2D eigenvalue weighted by Crippen LogP contribution is -2.27. The first-order valence-corrected chi connectivity index (χ1v) is 11.9. The maximum absolute atomic E-state index is 12.3. The molecule has 0 aliphatic carbocycles. The highest BCUT2D eigenvalue weighted by molar-refractivity contribution is 7.90. The van der Waals surface area contributed by atoms with E-state index in [2.05, 4.69) is 21.8 Å². The molecule has 0 spiro atoms. The Bertz CT molecular complexity index is 988. The molecule has 0 saturated carbocycles. The minimum Gasteiger partial charge on any atom is -0.346 e. The Hall–Kier alpha value is -2.67. The summed E-state index contributed by atoms with van der Waals surface area (Å²) >= 11 is 0. The minimum atomic E-state index is -3.48.